The number of nitrogens with zero attached hydrogens (tertiary/aromatic N) is 1. The van der Waals surface area contributed by atoms with E-state index in [2.05, 4.69) is 0 Å². The number of likely N-dealkylation sites (tertiary alicyclic amines) is 1. The molecule has 1 aromatic heterocycles. The lowest BCUT2D eigenvalue weighted by Crippen LogP contribution is -2.37. The van der Waals surface area contributed by atoms with Crippen LogP contribution in [0.3, 0.4) is 0 Å². The van der Waals surface area contributed by atoms with E-state index in [1.807, 2.05) is 6.92 Å². The van der Waals surface area contributed by atoms with Gasteiger partial charge in [0.15, 0.2) is 11.5 Å². The standard InChI is InChI=1S/C23H23NO6/c1-13-6-8-17(30-13)20-19(22(26)23(27)24(20)15-4-2-3-5-15)21(25)14-7-9-16-18(12-14)29-11-10-28-16/h6-9,12,15,20,25H,2-5,10-11H2,1H3/b21-19-. The van der Waals surface area contributed by atoms with Crippen LogP contribution < -0.4 is 9.47 Å². The monoisotopic (exact) mass is 409 g/mol. The topological polar surface area (TPSA) is 89.2 Å². The average Bonchev–Trinajstić information content (AvgIpc) is 3.48. The normalized spacial score (nSPS) is 23.4. The molecule has 2 aromatic rings. The minimum atomic E-state index is -0.741. The van der Waals surface area contributed by atoms with Gasteiger partial charge in [-0.3, -0.25) is 9.59 Å². The zero-order valence-electron chi connectivity index (χ0n) is 16.7. The molecule has 30 heavy (non-hydrogen) atoms. The second kappa shape index (κ2) is 7.23. The summed E-state index contributed by atoms with van der Waals surface area (Å²) in [7, 11) is 0. The number of ether oxygens (including phenoxy) is 2. The maximum absolute atomic E-state index is 13.1. The molecule has 1 aliphatic carbocycles. The molecule has 0 radical (unpaired) electrons. The van der Waals surface area contributed by atoms with Gasteiger partial charge in [-0.05, 0) is 50.1 Å². The van der Waals surface area contributed by atoms with Crippen LogP contribution in [0.5, 0.6) is 11.5 Å². The van der Waals surface area contributed by atoms with Gasteiger partial charge in [0.1, 0.15) is 36.5 Å². The molecular weight excluding hydrogens is 386 g/mol. The third-order valence-corrected chi connectivity index (χ3v) is 6.04. The molecule has 1 unspecified atom stereocenters. The third-order valence-electron chi connectivity index (χ3n) is 6.04. The highest BCUT2D eigenvalue weighted by Crippen LogP contribution is 2.44. The fraction of sp³-hybridized carbons (Fsp3) is 0.391. The number of aliphatic hydroxyl groups is 1. The van der Waals surface area contributed by atoms with E-state index in [1.54, 1.807) is 35.2 Å². The number of fused-ring (bicyclic) bond motifs is 1. The van der Waals surface area contributed by atoms with Crippen molar-refractivity contribution in [1.82, 2.24) is 4.90 Å². The molecule has 7 nitrogen and oxygen atoms in total. The lowest BCUT2D eigenvalue weighted by Gasteiger charge is -2.29. The van der Waals surface area contributed by atoms with Crippen molar-refractivity contribution in [3.63, 3.8) is 0 Å². The number of aryl methyl sites for hydroxylation is 1. The number of ketones is 1. The predicted molar refractivity (Wildman–Crippen MR) is 107 cm³/mol. The summed E-state index contributed by atoms with van der Waals surface area (Å²) in [5, 5.41) is 11.2. The van der Waals surface area contributed by atoms with E-state index in [0.717, 1.165) is 25.7 Å². The summed E-state index contributed by atoms with van der Waals surface area (Å²) < 4.78 is 17.0. The molecule has 5 rings (SSSR count). The third kappa shape index (κ3) is 2.96. The van der Waals surface area contributed by atoms with Gasteiger partial charge >= 0.3 is 0 Å². The highest BCUT2D eigenvalue weighted by molar-refractivity contribution is 6.46. The highest BCUT2D eigenvalue weighted by atomic mass is 16.6. The largest absolute Gasteiger partial charge is 0.507 e. The number of aliphatic hydroxyl groups excluding tert-OH is 1. The average molecular weight is 409 g/mol. The minimum absolute atomic E-state index is 0.0394. The van der Waals surface area contributed by atoms with Crippen molar-refractivity contribution in [2.75, 3.05) is 13.2 Å². The first kappa shape index (κ1) is 18.8. The molecule has 156 valence electrons. The van der Waals surface area contributed by atoms with Gasteiger partial charge < -0.3 is 23.9 Å². The quantitative estimate of drug-likeness (QED) is 0.472. The lowest BCUT2D eigenvalue weighted by molar-refractivity contribution is -0.141. The van der Waals surface area contributed by atoms with E-state index < -0.39 is 17.7 Å². The van der Waals surface area contributed by atoms with Gasteiger partial charge in [0.2, 0.25) is 0 Å². The second-order valence-electron chi connectivity index (χ2n) is 7.95. The molecule has 3 heterocycles. The van der Waals surface area contributed by atoms with Gasteiger partial charge in [0.25, 0.3) is 11.7 Å². The van der Waals surface area contributed by atoms with Crippen molar-refractivity contribution < 1.29 is 28.6 Å². The Morgan fingerprint density at radius 2 is 1.77 bits per heavy atom. The first-order valence-electron chi connectivity index (χ1n) is 10.3. The fourth-order valence-corrected chi connectivity index (χ4v) is 4.63. The van der Waals surface area contributed by atoms with Crippen LogP contribution in [0.25, 0.3) is 5.76 Å². The van der Waals surface area contributed by atoms with Crippen LogP contribution in [0.4, 0.5) is 0 Å². The predicted octanol–water partition coefficient (Wildman–Crippen LogP) is 3.72. The van der Waals surface area contributed by atoms with Crippen molar-refractivity contribution in [2.24, 2.45) is 0 Å². The molecule has 0 spiro atoms. The summed E-state index contributed by atoms with van der Waals surface area (Å²) in [6.07, 6.45) is 3.71. The van der Waals surface area contributed by atoms with Crippen molar-refractivity contribution in [3.05, 3.63) is 53.0 Å². The smallest absolute Gasteiger partial charge is 0.296 e. The van der Waals surface area contributed by atoms with E-state index in [0.29, 0.717) is 41.8 Å². The Labute approximate surface area is 173 Å². The van der Waals surface area contributed by atoms with Crippen molar-refractivity contribution >= 4 is 17.4 Å². The summed E-state index contributed by atoms with van der Waals surface area (Å²) in [6.45, 7) is 2.68. The summed E-state index contributed by atoms with van der Waals surface area (Å²) in [6, 6.07) is 7.78. The first-order chi connectivity index (χ1) is 14.5. The Morgan fingerprint density at radius 3 is 2.47 bits per heavy atom. The molecule has 1 N–H and O–H groups in total. The Balaban J connectivity index is 1.64. The van der Waals surface area contributed by atoms with Crippen molar-refractivity contribution in [3.8, 4) is 11.5 Å². The van der Waals surface area contributed by atoms with E-state index in [1.165, 1.54) is 0 Å². The van der Waals surface area contributed by atoms with Gasteiger partial charge in [-0.2, -0.15) is 0 Å². The molecule has 1 saturated heterocycles. The van der Waals surface area contributed by atoms with Gasteiger partial charge in [0, 0.05) is 11.6 Å². The molecule has 1 aromatic carbocycles. The number of carbonyl (C=O) groups is 2. The summed E-state index contributed by atoms with van der Waals surface area (Å²) in [4.78, 5) is 27.7. The number of carbonyl (C=O) groups excluding carboxylic acids is 2. The molecule has 7 heteroatoms. The number of Topliss-reactive ketones (excluding diaryl/α,β-unsaturated/α-hetero) is 1. The number of benzene rings is 1. The number of amides is 1. The zero-order chi connectivity index (χ0) is 20.8. The summed E-state index contributed by atoms with van der Waals surface area (Å²) in [5.41, 5.74) is 0.454. The summed E-state index contributed by atoms with van der Waals surface area (Å²) >= 11 is 0. The van der Waals surface area contributed by atoms with Crippen LogP contribution in [0, 0.1) is 6.92 Å². The first-order valence-corrected chi connectivity index (χ1v) is 10.3. The lowest BCUT2D eigenvalue weighted by atomic mass is 9.98. The van der Waals surface area contributed by atoms with Crippen molar-refractivity contribution in [2.45, 2.75) is 44.7 Å². The molecule has 1 saturated carbocycles. The van der Waals surface area contributed by atoms with Gasteiger partial charge in [-0.25, -0.2) is 0 Å². The molecular formula is C23H23NO6. The van der Waals surface area contributed by atoms with Gasteiger partial charge in [-0.1, -0.05) is 12.8 Å². The van der Waals surface area contributed by atoms with Gasteiger partial charge in [-0.15, -0.1) is 0 Å². The molecule has 1 atom stereocenters. The Kier molecular flexibility index (Phi) is 4.53. The molecule has 2 aliphatic heterocycles. The SMILES string of the molecule is Cc1ccc(C2/C(=C(/O)c3ccc4c(c3)OCCO4)C(=O)C(=O)N2C2CCCC2)o1. The maximum Gasteiger partial charge on any atom is 0.296 e. The van der Waals surface area contributed by atoms with E-state index in [-0.39, 0.29) is 17.4 Å². The van der Waals surface area contributed by atoms with Crippen LogP contribution in [0.15, 0.2) is 40.3 Å². The Bertz CT molecular complexity index is 1050. The summed E-state index contributed by atoms with van der Waals surface area (Å²) in [5.74, 6) is 0.750. The highest BCUT2D eigenvalue weighted by Gasteiger charge is 2.50. The van der Waals surface area contributed by atoms with E-state index >= 15 is 0 Å². The number of furan rings is 1. The minimum Gasteiger partial charge on any atom is -0.507 e. The molecule has 3 aliphatic rings. The maximum atomic E-state index is 13.1. The van der Waals surface area contributed by atoms with Crippen LogP contribution >= 0.6 is 0 Å². The van der Waals surface area contributed by atoms with Crippen LogP contribution in [0.1, 0.15) is 48.8 Å². The fourth-order valence-electron chi connectivity index (χ4n) is 4.63. The van der Waals surface area contributed by atoms with Crippen molar-refractivity contribution in [1.29, 1.82) is 0 Å². The second-order valence-corrected chi connectivity index (χ2v) is 7.95. The van der Waals surface area contributed by atoms with Crippen LogP contribution in [0.2, 0.25) is 0 Å². The Morgan fingerprint density at radius 1 is 1.03 bits per heavy atom. The molecule has 2 fully saturated rings. The van der Waals surface area contributed by atoms with E-state index in [4.69, 9.17) is 13.9 Å². The molecule has 1 amide bonds. The van der Waals surface area contributed by atoms with Crippen LogP contribution in [-0.4, -0.2) is 41.0 Å². The van der Waals surface area contributed by atoms with E-state index in [9.17, 15) is 14.7 Å². The van der Waals surface area contributed by atoms with Gasteiger partial charge in [0.05, 0.1) is 5.57 Å². The number of rotatable bonds is 3. The number of hydrogen-bond donors (Lipinski definition) is 1. The number of hydrogen-bond acceptors (Lipinski definition) is 6. The zero-order valence-corrected chi connectivity index (χ0v) is 16.7. The molecule has 0 bridgehead atoms. The Hall–Kier alpha value is -3.22. The van der Waals surface area contributed by atoms with Crippen LogP contribution in [-0.2, 0) is 9.59 Å².